The molecule has 15 heavy (non-hydrogen) atoms. The van der Waals surface area contributed by atoms with Crippen LogP contribution in [0.15, 0.2) is 5.38 Å². The first kappa shape index (κ1) is 10.9. The number of hydrogen-bond donors (Lipinski definition) is 0. The average Bonchev–Trinajstić information content (AvgIpc) is 2.66. The average molecular weight is 224 g/mol. The SMILES string of the molecule is Cc1csc(N(C)CC2CCCCC2)n1. The van der Waals surface area contributed by atoms with E-state index in [0.29, 0.717) is 0 Å². The Balaban J connectivity index is 1.88. The van der Waals surface area contributed by atoms with Crippen LogP contribution in [0, 0.1) is 12.8 Å². The third kappa shape index (κ3) is 2.94. The van der Waals surface area contributed by atoms with E-state index in [-0.39, 0.29) is 0 Å². The summed E-state index contributed by atoms with van der Waals surface area (Å²) >= 11 is 1.76. The highest BCUT2D eigenvalue weighted by Gasteiger charge is 2.16. The third-order valence-electron chi connectivity index (χ3n) is 3.19. The van der Waals surface area contributed by atoms with Crippen LogP contribution in [0.5, 0.6) is 0 Å². The topological polar surface area (TPSA) is 16.1 Å². The van der Waals surface area contributed by atoms with E-state index in [1.807, 2.05) is 0 Å². The second-order valence-corrected chi connectivity index (χ2v) is 5.49. The number of aromatic nitrogens is 1. The Kier molecular flexibility index (Phi) is 3.62. The van der Waals surface area contributed by atoms with Crippen molar-refractivity contribution >= 4 is 16.5 Å². The molecule has 1 heterocycles. The quantitative estimate of drug-likeness (QED) is 0.781. The molecular formula is C12H20N2S. The molecule has 1 saturated carbocycles. The van der Waals surface area contributed by atoms with Crippen LogP contribution in [0.3, 0.4) is 0 Å². The van der Waals surface area contributed by atoms with Gasteiger partial charge < -0.3 is 4.90 Å². The van der Waals surface area contributed by atoms with Crippen LogP contribution in [0.2, 0.25) is 0 Å². The molecule has 2 nitrogen and oxygen atoms in total. The van der Waals surface area contributed by atoms with Gasteiger partial charge in [0.05, 0.1) is 5.69 Å². The van der Waals surface area contributed by atoms with Gasteiger partial charge in [0.15, 0.2) is 5.13 Å². The molecule has 0 atom stereocenters. The summed E-state index contributed by atoms with van der Waals surface area (Å²) in [6.07, 6.45) is 7.12. The van der Waals surface area contributed by atoms with Gasteiger partial charge in [-0.25, -0.2) is 4.98 Å². The van der Waals surface area contributed by atoms with E-state index < -0.39 is 0 Å². The largest absolute Gasteiger partial charge is 0.351 e. The van der Waals surface area contributed by atoms with Crippen molar-refractivity contribution in [2.45, 2.75) is 39.0 Å². The first-order chi connectivity index (χ1) is 7.25. The van der Waals surface area contributed by atoms with Crippen LogP contribution in [0.4, 0.5) is 5.13 Å². The van der Waals surface area contributed by atoms with Crippen molar-refractivity contribution in [3.63, 3.8) is 0 Å². The number of aryl methyl sites for hydroxylation is 1. The predicted octanol–water partition coefficient (Wildman–Crippen LogP) is 3.47. The summed E-state index contributed by atoms with van der Waals surface area (Å²) < 4.78 is 0. The summed E-state index contributed by atoms with van der Waals surface area (Å²) in [5, 5.41) is 3.31. The minimum absolute atomic E-state index is 0.896. The second-order valence-electron chi connectivity index (χ2n) is 4.66. The number of thiazole rings is 1. The van der Waals surface area contributed by atoms with Crippen LogP contribution in [0.25, 0.3) is 0 Å². The molecule has 0 aliphatic heterocycles. The minimum atomic E-state index is 0.896. The lowest BCUT2D eigenvalue weighted by Crippen LogP contribution is -2.26. The van der Waals surface area contributed by atoms with E-state index in [1.54, 1.807) is 11.3 Å². The van der Waals surface area contributed by atoms with Gasteiger partial charge in [-0.15, -0.1) is 11.3 Å². The van der Waals surface area contributed by atoms with E-state index in [1.165, 1.54) is 43.8 Å². The maximum Gasteiger partial charge on any atom is 0.185 e. The lowest BCUT2D eigenvalue weighted by Gasteiger charge is -2.26. The fraction of sp³-hybridized carbons (Fsp3) is 0.750. The molecule has 0 bridgehead atoms. The number of nitrogens with zero attached hydrogens (tertiary/aromatic N) is 2. The standard InChI is InChI=1S/C12H20N2S/c1-10-9-15-12(13-10)14(2)8-11-6-4-3-5-7-11/h9,11H,3-8H2,1-2H3. The summed E-state index contributed by atoms with van der Waals surface area (Å²) in [6, 6.07) is 0. The van der Waals surface area contributed by atoms with Gasteiger partial charge in [-0.3, -0.25) is 0 Å². The Morgan fingerprint density at radius 2 is 2.13 bits per heavy atom. The molecule has 0 saturated heterocycles. The Morgan fingerprint density at radius 1 is 1.40 bits per heavy atom. The molecule has 1 aromatic heterocycles. The second kappa shape index (κ2) is 4.97. The van der Waals surface area contributed by atoms with Gasteiger partial charge in [0, 0.05) is 19.0 Å². The zero-order valence-electron chi connectivity index (χ0n) is 9.70. The van der Waals surface area contributed by atoms with Gasteiger partial charge in [-0.1, -0.05) is 19.3 Å². The zero-order chi connectivity index (χ0) is 10.7. The molecule has 0 N–H and O–H groups in total. The van der Waals surface area contributed by atoms with Gasteiger partial charge in [0.25, 0.3) is 0 Å². The number of rotatable bonds is 3. The van der Waals surface area contributed by atoms with Crippen molar-refractivity contribution in [3.05, 3.63) is 11.1 Å². The predicted molar refractivity (Wildman–Crippen MR) is 66.7 cm³/mol. The minimum Gasteiger partial charge on any atom is -0.351 e. The highest BCUT2D eigenvalue weighted by Crippen LogP contribution is 2.26. The molecule has 0 unspecified atom stereocenters. The summed E-state index contributed by atoms with van der Waals surface area (Å²) in [5.41, 5.74) is 1.14. The Bertz CT molecular complexity index is 302. The Morgan fingerprint density at radius 3 is 2.73 bits per heavy atom. The fourth-order valence-electron chi connectivity index (χ4n) is 2.35. The first-order valence-electron chi connectivity index (χ1n) is 5.89. The Labute approximate surface area is 96.3 Å². The van der Waals surface area contributed by atoms with Gasteiger partial charge >= 0.3 is 0 Å². The molecule has 0 spiro atoms. The van der Waals surface area contributed by atoms with Crippen LogP contribution >= 0.6 is 11.3 Å². The molecule has 1 fully saturated rings. The molecule has 3 heteroatoms. The molecule has 1 aliphatic rings. The highest BCUT2D eigenvalue weighted by atomic mass is 32.1. The van der Waals surface area contributed by atoms with Crippen molar-refractivity contribution in [1.29, 1.82) is 0 Å². The van der Waals surface area contributed by atoms with E-state index in [9.17, 15) is 0 Å². The summed E-state index contributed by atoms with van der Waals surface area (Å²) in [7, 11) is 2.17. The molecule has 84 valence electrons. The monoisotopic (exact) mass is 224 g/mol. The normalized spacial score (nSPS) is 18.0. The van der Waals surface area contributed by atoms with Crippen molar-refractivity contribution in [2.75, 3.05) is 18.5 Å². The van der Waals surface area contributed by atoms with Crippen LogP contribution in [-0.2, 0) is 0 Å². The lowest BCUT2D eigenvalue weighted by atomic mass is 9.89. The number of hydrogen-bond acceptors (Lipinski definition) is 3. The lowest BCUT2D eigenvalue weighted by molar-refractivity contribution is 0.362. The van der Waals surface area contributed by atoms with Crippen molar-refractivity contribution in [3.8, 4) is 0 Å². The number of anilines is 1. The smallest absolute Gasteiger partial charge is 0.185 e. The van der Waals surface area contributed by atoms with E-state index >= 15 is 0 Å². The van der Waals surface area contributed by atoms with Crippen molar-refractivity contribution < 1.29 is 0 Å². The molecule has 1 aromatic rings. The highest BCUT2D eigenvalue weighted by molar-refractivity contribution is 7.13. The molecule has 1 aliphatic carbocycles. The first-order valence-corrected chi connectivity index (χ1v) is 6.77. The molecule has 0 aromatic carbocycles. The van der Waals surface area contributed by atoms with Crippen LogP contribution in [0.1, 0.15) is 37.8 Å². The van der Waals surface area contributed by atoms with E-state index in [2.05, 4.69) is 29.2 Å². The van der Waals surface area contributed by atoms with Crippen molar-refractivity contribution in [2.24, 2.45) is 5.92 Å². The fourth-order valence-corrected chi connectivity index (χ4v) is 3.13. The molecule has 2 rings (SSSR count). The maximum atomic E-state index is 4.52. The van der Waals surface area contributed by atoms with E-state index in [0.717, 1.165) is 11.6 Å². The van der Waals surface area contributed by atoms with Gasteiger partial charge in [0.1, 0.15) is 0 Å². The Hall–Kier alpha value is -0.570. The maximum absolute atomic E-state index is 4.52. The summed E-state index contributed by atoms with van der Waals surface area (Å²) in [6.45, 7) is 3.25. The molecular weight excluding hydrogens is 204 g/mol. The summed E-state index contributed by atoms with van der Waals surface area (Å²) in [4.78, 5) is 6.85. The van der Waals surface area contributed by atoms with Gasteiger partial charge in [-0.05, 0) is 25.7 Å². The van der Waals surface area contributed by atoms with Crippen molar-refractivity contribution in [1.82, 2.24) is 4.98 Å². The van der Waals surface area contributed by atoms with Crippen LogP contribution in [-0.4, -0.2) is 18.6 Å². The third-order valence-corrected chi connectivity index (χ3v) is 4.26. The molecule has 0 amide bonds. The summed E-state index contributed by atoms with van der Waals surface area (Å²) in [5.74, 6) is 0.896. The molecule has 0 radical (unpaired) electrons. The van der Waals surface area contributed by atoms with E-state index in [4.69, 9.17) is 0 Å². The van der Waals surface area contributed by atoms with Gasteiger partial charge in [-0.2, -0.15) is 0 Å². The zero-order valence-corrected chi connectivity index (χ0v) is 10.5. The van der Waals surface area contributed by atoms with Crippen LogP contribution < -0.4 is 4.90 Å². The van der Waals surface area contributed by atoms with Gasteiger partial charge in [0.2, 0.25) is 0 Å².